The highest BCUT2D eigenvalue weighted by atomic mass is 32.2. The van der Waals surface area contributed by atoms with E-state index in [1.807, 2.05) is 35.9 Å². The molecule has 7 nitrogen and oxygen atoms in total. The quantitative estimate of drug-likeness (QED) is 0.693. The Morgan fingerprint density at radius 2 is 1.85 bits per heavy atom. The summed E-state index contributed by atoms with van der Waals surface area (Å²) >= 11 is 0. The molecule has 0 unspecified atom stereocenters. The van der Waals surface area contributed by atoms with Crippen LogP contribution in [0, 0.1) is 6.92 Å². The third-order valence-corrected chi connectivity index (χ3v) is 5.28. The highest BCUT2D eigenvalue weighted by Crippen LogP contribution is 2.14. The van der Waals surface area contributed by atoms with E-state index in [1.165, 1.54) is 19.1 Å². The molecule has 1 aromatic carbocycles. The van der Waals surface area contributed by atoms with E-state index in [2.05, 4.69) is 15.0 Å². The number of benzene rings is 1. The fraction of sp³-hybridized carbons (Fsp3) is 0.222. The van der Waals surface area contributed by atoms with Gasteiger partial charge in [-0.15, -0.1) is 0 Å². The number of hydrogen-bond donors (Lipinski definition) is 2. The summed E-state index contributed by atoms with van der Waals surface area (Å²) in [6, 6.07) is 9.95. The number of amides is 1. The molecule has 2 N–H and O–H groups in total. The van der Waals surface area contributed by atoms with E-state index in [0.29, 0.717) is 12.1 Å². The van der Waals surface area contributed by atoms with Gasteiger partial charge in [0.15, 0.2) is 0 Å². The molecule has 0 radical (unpaired) electrons. The second-order valence-electron chi connectivity index (χ2n) is 6.06. The van der Waals surface area contributed by atoms with Gasteiger partial charge in [0.05, 0.1) is 10.6 Å². The van der Waals surface area contributed by atoms with E-state index in [9.17, 15) is 13.2 Å². The standard InChI is InChI=1S/C18H20N4O3S/c1-13-3-8-18-21-16(12-22(18)11-13)9-10-19-26(24,25)17-6-4-15(5-7-17)20-14(2)23/h3-8,11-12,19H,9-10H2,1-2H3,(H,20,23). The molecule has 3 aromatic rings. The fourth-order valence-corrected chi connectivity index (χ4v) is 3.63. The molecule has 0 spiro atoms. The summed E-state index contributed by atoms with van der Waals surface area (Å²) in [6.45, 7) is 3.65. The van der Waals surface area contributed by atoms with Crippen molar-refractivity contribution in [3.63, 3.8) is 0 Å². The number of hydrogen-bond acceptors (Lipinski definition) is 4. The first-order valence-electron chi connectivity index (χ1n) is 8.15. The Labute approximate surface area is 152 Å². The molecule has 0 aliphatic heterocycles. The van der Waals surface area contributed by atoms with Gasteiger partial charge in [0.2, 0.25) is 15.9 Å². The minimum absolute atomic E-state index is 0.150. The maximum absolute atomic E-state index is 12.3. The molecule has 0 atom stereocenters. The zero-order chi connectivity index (χ0) is 18.7. The van der Waals surface area contributed by atoms with Gasteiger partial charge in [-0.2, -0.15) is 0 Å². The third-order valence-electron chi connectivity index (χ3n) is 3.81. The Balaban J connectivity index is 1.63. The van der Waals surface area contributed by atoms with Gasteiger partial charge < -0.3 is 9.72 Å². The molecule has 2 aromatic heterocycles. The maximum Gasteiger partial charge on any atom is 0.240 e. The first-order chi connectivity index (χ1) is 12.3. The first kappa shape index (κ1) is 18.1. The summed E-state index contributed by atoms with van der Waals surface area (Å²) in [5.41, 5.74) is 3.34. The highest BCUT2D eigenvalue weighted by Gasteiger charge is 2.14. The Morgan fingerprint density at radius 1 is 1.12 bits per heavy atom. The maximum atomic E-state index is 12.3. The molecule has 26 heavy (non-hydrogen) atoms. The molecule has 0 aliphatic carbocycles. The number of aryl methyl sites for hydroxylation is 1. The minimum Gasteiger partial charge on any atom is -0.326 e. The summed E-state index contributed by atoms with van der Waals surface area (Å²) in [4.78, 5) is 15.6. The lowest BCUT2D eigenvalue weighted by Crippen LogP contribution is -2.26. The van der Waals surface area contributed by atoms with E-state index in [0.717, 1.165) is 16.9 Å². The van der Waals surface area contributed by atoms with Crippen molar-refractivity contribution in [3.05, 3.63) is 60.0 Å². The van der Waals surface area contributed by atoms with Crippen molar-refractivity contribution in [2.24, 2.45) is 0 Å². The number of nitrogens with one attached hydrogen (secondary N) is 2. The molecule has 0 aliphatic rings. The molecular weight excluding hydrogens is 352 g/mol. The predicted molar refractivity (Wildman–Crippen MR) is 99.6 cm³/mol. The Hall–Kier alpha value is -2.71. The molecule has 0 saturated carbocycles. The molecule has 0 fully saturated rings. The van der Waals surface area contributed by atoms with Crippen molar-refractivity contribution in [3.8, 4) is 0 Å². The van der Waals surface area contributed by atoms with Crippen molar-refractivity contribution < 1.29 is 13.2 Å². The van der Waals surface area contributed by atoms with Crippen LogP contribution in [0.25, 0.3) is 5.65 Å². The smallest absolute Gasteiger partial charge is 0.240 e. The lowest BCUT2D eigenvalue weighted by Gasteiger charge is -2.07. The minimum atomic E-state index is -3.61. The number of imidazole rings is 1. The molecule has 1 amide bonds. The van der Waals surface area contributed by atoms with Gasteiger partial charge >= 0.3 is 0 Å². The molecule has 3 rings (SSSR count). The first-order valence-corrected chi connectivity index (χ1v) is 9.63. The van der Waals surface area contributed by atoms with Crippen molar-refractivity contribution in [1.82, 2.24) is 14.1 Å². The summed E-state index contributed by atoms with van der Waals surface area (Å²) in [6.07, 6.45) is 4.37. The number of nitrogens with zero attached hydrogens (tertiary/aromatic N) is 2. The third kappa shape index (κ3) is 4.27. The number of anilines is 1. The van der Waals surface area contributed by atoms with E-state index >= 15 is 0 Å². The van der Waals surface area contributed by atoms with E-state index in [1.54, 1.807) is 12.1 Å². The zero-order valence-corrected chi connectivity index (χ0v) is 15.4. The fourth-order valence-electron chi connectivity index (χ4n) is 2.59. The van der Waals surface area contributed by atoms with Crippen LogP contribution in [0.2, 0.25) is 0 Å². The van der Waals surface area contributed by atoms with Gasteiger partial charge in [0.1, 0.15) is 5.65 Å². The van der Waals surface area contributed by atoms with Crippen LogP contribution < -0.4 is 10.0 Å². The zero-order valence-electron chi connectivity index (χ0n) is 14.6. The van der Waals surface area contributed by atoms with Crippen molar-refractivity contribution in [1.29, 1.82) is 0 Å². The normalized spacial score (nSPS) is 11.6. The lowest BCUT2D eigenvalue weighted by atomic mass is 10.3. The topological polar surface area (TPSA) is 92.6 Å². The monoisotopic (exact) mass is 372 g/mol. The van der Waals surface area contributed by atoms with E-state index in [-0.39, 0.29) is 17.3 Å². The van der Waals surface area contributed by atoms with Crippen LogP contribution in [-0.2, 0) is 21.2 Å². The van der Waals surface area contributed by atoms with Crippen LogP contribution in [0.3, 0.4) is 0 Å². The van der Waals surface area contributed by atoms with Gasteiger partial charge in [-0.25, -0.2) is 18.1 Å². The Bertz CT molecular complexity index is 1040. The number of pyridine rings is 1. The molecule has 0 saturated heterocycles. The number of carbonyl (C=O) groups is 1. The van der Waals surface area contributed by atoms with Crippen LogP contribution >= 0.6 is 0 Å². The Morgan fingerprint density at radius 3 is 2.54 bits per heavy atom. The summed E-state index contributed by atoms with van der Waals surface area (Å²) < 4.78 is 29.2. The number of rotatable bonds is 6. The van der Waals surface area contributed by atoms with Gasteiger partial charge in [0.25, 0.3) is 0 Å². The summed E-state index contributed by atoms with van der Waals surface area (Å²) in [7, 11) is -3.61. The molecule has 2 heterocycles. The summed E-state index contributed by atoms with van der Waals surface area (Å²) in [5.74, 6) is -0.207. The SMILES string of the molecule is CC(=O)Nc1ccc(S(=O)(=O)NCCc2cn3cc(C)ccc3n2)cc1. The lowest BCUT2D eigenvalue weighted by molar-refractivity contribution is -0.114. The van der Waals surface area contributed by atoms with Crippen LogP contribution in [-0.4, -0.2) is 30.3 Å². The van der Waals surface area contributed by atoms with Gasteiger partial charge in [0, 0.05) is 38.0 Å². The van der Waals surface area contributed by atoms with Crippen LogP contribution in [0.1, 0.15) is 18.2 Å². The number of fused-ring (bicyclic) bond motifs is 1. The Kier molecular flexibility index (Phi) is 5.06. The van der Waals surface area contributed by atoms with Crippen molar-refractivity contribution in [2.45, 2.75) is 25.2 Å². The van der Waals surface area contributed by atoms with Gasteiger partial charge in [-0.05, 0) is 42.8 Å². The van der Waals surface area contributed by atoms with Crippen LogP contribution in [0.15, 0.2) is 53.7 Å². The number of aromatic nitrogens is 2. The van der Waals surface area contributed by atoms with E-state index in [4.69, 9.17) is 0 Å². The van der Waals surface area contributed by atoms with Crippen LogP contribution in [0.4, 0.5) is 5.69 Å². The van der Waals surface area contributed by atoms with Crippen molar-refractivity contribution in [2.75, 3.05) is 11.9 Å². The largest absolute Gasteiger partial charge is 0.326 e. The second kappa shape index (κ2) is 7.27. The number of sulfonamides is 1. The highest BCUT2D eigenvalue weighted by molar-refractivity contribution is 7.89. The second-order valence-corrected chi connectivity index (χ2v) is 7.82. The van der Waals surface area contributed by atoms with Crippen molar-refractivity contribution >= 4 is 27.3 Å². The number of carbonyl (C=O) groups excluding carboxylic acids is 1. The molecule has 8 heteroatoms. The molecule has 0 bridgehead atoms. The molecular formula is C18H20N4O3S. The molecule has 136 valence electrons. The van der Waals surface area contributed by atoms with Crippen LogP contribution in [0.5, 0.6) is 0 Å². The van der Waals surface area contributed by atoms with Gasteiger partial charge in [-0.1, -0.05) is 6.07 Å². The van der Waals surface area contributed by atoms with Gasteiger partial charge in [-0.3, -0.25) is 4.79 Å². The van der Waals surface area contributed by atoms with E-state index < -0.39 is 10.0 Å². The average molecular weight is 372 g/mol. The average Bonchev–Trinajstić information content (AvgIpc) is 2.96. The predicted octanol–water partition coefficient (Wildman–Crippen LogP) is 2.12. The summed E-state index contributed by atoms with van der Waals surface area (Å²) in [5, 5.41) is 2.60.